The molecule has 26 heavy (non-hydrogen) atoms. The van der Waals surface area contributed by atoms with Crippen molar-refractivity contribution in [2.75, 3.05) is 0 Å². The summed E-state index contributed by atoms with van der Waals surface area (Å²) in [6.07, 6.45) is 0. The lowest BCUT2D eigenvalue weighted by Gasteiger charge is -2.21. The molecule has 1 amide bonds. The average Bonchev–Trinajstić information content (AvgIpc) is 3.35. The molecule has 3 heterocycles. The van der Waals surface area contributed by atoms with Gasteiger partial charge in [-0.3, -0.25) is 9.59 Å². The summed E-state index contributed by atoms with van der Waals surface area (Å²) in [6.45, 7) is 0.722. The molecule has 4 rings (SSSR count). The Hall–Kier alpha value is -2.77. The molecule has 0 aliphatic heterocycles. The smallest absolute Gasteiger partial charge is 0.264 e. The Labute approximate surface area is 157 Å². The Morgan fingerprint density at radius 2 is 1.81 bits per heavy atom. The van der Waals surface area contributed by atoms with E-state index in [2.05, 4.69) is 9.97 Å². The number of hydrogen-bond acceptors (Lipinski definition) is 5. The van der Waals surface area contributed by atoms with Crippen molar-refractivity contribution in [3.05, 3.63) is 85.2 Å². The zero-order chi connectivity index (χ0) is 17.9. The maximum absolute atomic E-state index is 12.9. The lowest BCUT2D eigenvalue weighted by Crippen LogP contribution is -2.31. The molecule has 0 spiro atoms. The van der Waals surface area contributed by atoms with Gasteiger partial charge in [-0.25, -0.2) is 4.98 Å². The van der Waals surface area contributed by atoms with Gasteiger partial charge in [0.1, 0.15) is 5.82 Å². The molecule has 7 heteroatoms. The van der Waals surface area contributed by atoms with Gasteiger partial charge in [-0.1, -0.05) is 24.3 Å². The van der Waals surface area contributed by atoms with Crippen LogP contribution in [0.4, 0.5) is 0 Å². The third-order valence-corrected chi connectivity index (χ3v) is 5.67. The minimum atomic E-state index is -0.190. The molecule has 0 saturated heterocycles. The van der Waals surface area contributed by atoms with Crippen LogP contribution in [0.25, 0.3) is 10.9 Å². The fraction of sp³-hybridized carbons (Fsp3) is 0.105. The molecule has 0 radical (unpaired) electrons. The van der Waals surface area contributed by atoms with Gasteiger partial charge < -0.3 is 9.88 Å². The summed E-state index contributed by atoms with van der Waals surface area (Å²) in [7, 11) is 0. The number of nitrogens with zero attached hydrogens (tertiary/aromatic N) is 2. The maximum atomic E-state index is 12.9. The van der Waals surface area contributed by atoms with Crippen LogP contribution in [0.15, 0.2) is 64.1 Å². The third-order valence-electron chi connectivity index (χ3n) is 3.95. The van der Waals surface area contributed by atoms with Gasteiger partial charge >= 0.3 is 0 Å². The molecule has 0 aliphatic carbocycles. The van der Waals surface area contributed by atoms with Gasteiger partial charge in [0.2, 0.25) is 0 Å². The van der Waals surface area contributed by atoms with E-state index in [-0.39, 0.29) is 18.0 Å². The molecule has 130 valence electrons. The Balaban J connectivity index is 1.68. The zero-order valence-corrected chi connectivity index (χ0v) is 15.3. The van der Waals surface area contributed by atoms with Crippen LogP contribution in [-0.4, -0.2) is 20.8 Å². The second kappa shape index (κ2) is 7.23. The highest BCUT2D eigenvalue weighted by molar-refractivity contribution is 7.12. The zero-order valence-electron chi connectivity index (χ0n) is 13.7. The molecular weight excluding hydrogens is 366 g/mol. The molecule has 0 saturated carbocycles. The van der Waals surface area contributed by atoms with Crippen molar-refractivity contribution in [2.45, 2.75) is 13.1 Å². The SMILES string of the molecule is O=C(c1cccs1)N(Cc1nc2ccccc2c(=O)[nH]1)Cc1cccs1. The topological polar surface area (TPSA) is 66.1 Å². The summed E-state index contributed by atoms with van der Waals surface area (Å²) in [6, 6.07) is 14.8. The number of para-hydroxylation sites is 1. The molecule has 0 unspecified atom stereocenters. The number of amides is 1. The molecule has 1 N–H and O–H groups in total. The Morgan fingerprint density at radius 1 is 1.00 bits per heavy atom. The summed E-state index contributed by atoms with van der Waals surface area (Å²) in [5.41, 5.74) is 0.441. The van der Waals surface area contributed by atoms with Crippen molar-refractivity contribution in [1.29, 1.82) is 0 Å². The van der Waals surface area contributed by atoms with Crippen molar-refractivity contribution < 1.29 is 4.79 Å². The molecule has 5 nitrogen and oxygen atoms in total. The van der Waals surface area contributed by atoms with Gasteiger partial charge in [-0.05, 0) is 35.0 Å². The molecule has 0 bridgehead atoms. The number of nitrogens with one attached hydrogen (secondary N) is 1. The van der Waals surface area contributed by atoms with Crippen LogP contribution in [0.3, 0.4) is 0 Å². The highest BCUT2D eigenvalue weighted by Gasteiger charge is 2.19. The number of hydrogen-bond donors (Lipinski definition) is 1. The quantitative estimate of drug-likeness (QED) is 0.570. The van der Waals surface area contributed by atoms with Gasteiger partial charge in [0.15, 0.2) is 0 Å². The summed E-state index contributed by atoms with van der Waals surface area (Å²) in [5, 5.41) is 4.41. The van der Waals surface area contributed by atoms with E-state index in [1.165, 1.54) is 11.3 Å². The average molecular weight is 381 g/mol. The van der Waals surface area contributed by atoms with Crippen LogP contribution < -0.4 is 5.56 Å². The van der Waals surface area contributed by atoms with E-state index in [0.717, 1.165) is 4.88 Å². The van der Waals surface area contributed by atoms with Crippen molar-refractivity contribution in [3.8, 4) is 0 Å². The first-order valence-electron chi connectivity index (χ1n) is 8.04. The number of carbonyl (C=O) groups is 1. The predicted molar refractivity (Wildman–Crippen MR) is 105 cm³/mol. The largest absolute Gasteiger partial charge is 0.325 e. The first-order valence-corrected chi connectivity index (χ1v) is 9.80. The molecule has 4 aromatic rings. The van der Waals surface area contributed by atoms with E-state index in [1.54, 1.807) is 28.4 Å². The molecular formula is C19H15N3O2S2. The highest BCUT2D eigenvalue weighted by Crippen LogP contribution is 2.19. The lowest BCUT2D eigenvalue weighted by atomic mass is 10.2. The fourth-order valence-electron chi connectivity index (χ4n) is 2.74. The van der Waals surface area contributed by atoms with Gasteiger partial charge in [-0.15, -0.1) is 22.7 Å². The second-order valence-corrected chi connectivity index (χ2v) is 7.73. The fourth-order valence-corrected chi connectivity index (χ4v) is 4.15. The van der Waals surface area contributed by atoms with Crippen molar-refractivity contribution >= 4 is 39.5 Å². The number of fused-ring (bicyclic) bond motifs is 1. The monoisotopic (exact) mass is 381 g/mol. The number of H-pyrrole nitrogens is 1. The summed E-state index contributed by atoms with van der Waals surface area (Å²) < 4.78 is 0. The van der Waals surface area contributed by atoms with Crippen molar-refractivity contribution in [1.82, 2.24) is 14.9 Å². The van der Waals surface area contributed by atoms with Gasteiger partial charge in [-0.2, -0.15) is 0 Å². The second-order valence-electron chi connectivity index (χ2n) is 5.75. The van der Waals surface area contributed by atoms with Crippen LogP contribution >= 0.6 is 22.7 Å². The van der Waals surface area contributed by atoms with Gasteiger partial charge in [0.05, 0.1) is 28.9 Å². The minimum Gasteiger partial charge on any atom is -0.325 e. The number of aromatic amines is 1. The van der Waals surface area contributed by atoms with E-state index in [1.807, 2.05) is 47.2 Å². The van der Waals surface area contributed by atoms with Crippen LogP contribution in [0.5, 0.6) is 0 Å². The lowest BCUT2D eigenvalue weighted by molar-refractivity contribution is 0.0732. The van der Waals surface area contributed by atoms with Crippen LogP contribution in [0, 0.1) is 0 Å². The first-order chi connectivity index (χ1) is 12.7. The number of carbonyl (C=O) groups excluding carboxylic acids is 1. The summed E-state index contributed by atoms with van der Waals surface area (Å²) >= 11 is 3.01. The molecule has 0 aliphatic rings. The molecule has 0 fully saturated rings. The van der Waals surface area contributed by atoms with Crippen LogP contribution in [0.2, 0.25) is 0 Å². The molecule has 1 aromatic carbocycles. The molecule has 0 atom stereocenters. The van der Waals surface area contributed by atoms with E-state index in [4.69, 9.17) is 0 Å². The van der Waals surface area contributed by atoms with Crippen molar-refractivity contribution in [2.24, 2.45) is 0 Å². The maximum Gasteiger partial charge on any atom is 0.264 e. The van der Waals surface area contributed by atoms with Crippen LogP contribution in [0.1, 0.15) is 20.4 Å². The summed E-state index contributed by atoms with van der Waals surface area (Å²) in [5.74, 6) is 0.416. The van der Waals surface area contributed by atoms with E-state index < -0.39 is 0 Å². The number of aromatic nitrogens is 2. The highest BCUT2D eigenvalue weighted by atomic mass is 32.1. The molecule has 3 aromatic heterocycles. The van der Waals surface area contributed by atoms with E-state index >= 15 is 0 Å². The third kappa shape index (κ3) is 3.44. The Morgan fingerprint density at radius 3 is 2.58 bits per heavy atom. The standard InChI is InChI=1S/C19H15N3O2S2/c23-18-14-6-1-2-7-15(14)20-17(21-18)12-22(11-13-5-3-9-25-13)19(24)16-8-4-10-26-16/h1-10H,11-12H2,(H,20,21,23). The van der Waals surface area contributed by atoms with Gasteiger partial charge in [0, 0.05) is 4.88 Å². The number of rotatable bonds is 5. The Kier molecular flexibility index (Phi) is 4.64. The van der Waals surface area contributed by atoms with E-state index in [9.17, 15) is 9.59 Å². The van der Waals surface area contributed by atoms with Gasteiger partial charge in [0.25, 0.3) is 11.5 Å². The van der Waals surface area contributed by atoms with E-state index in [0.29, 0.717) is 28.1 Å². The van der Waals surface area contributed by atoms with Crippen LogP contribution in [-0.2, 0) is 13.1 Å². The minimum absolute atomic E-state index is 0.0655. The normalized spacial score (nSPS) is 10.9. The Bertz CT molecular complexity index is 1090. The van der Waals surface area contributed by atoms with Crippen molar-refractivity contribution in [3.63, 3.8) is 0 Å². The predicted octanol–water partition coefficient (Wildman–Crippen LogP) is 3.89. The number of thiophene rings is 2. The summed E-state index contributed by atoms with van der Waals surface area (Å²) in [4.78, 5) is 36.0. The number of benzene rings is 1. The first kappa shape index (κ1) is 16.7.